The number of hydrogen-bond acceptors (Lipinski definition) is 3. The van der Waals surface area contributed by atoms with Gasteiger partial charge >= 0.3 is 6.18 Å². The first-order chi connectivity index (χ1) is 8.55. The molecule has 1 aromatic rings. The van der Waals surface area contributed by atoms with Crippen LogP contribution in [0.4, 0.5) is 19.0 Å². The third-order valence-corrected chi connectivity index (χ3v) is 3.48. The molecule has 3 rings (SSSR count). The van der Waals surface area contributed by atoms with Gasteiger partial charge in [0.05, 0.1) is 12.1 Å². The predicted molar refractivity (Wildman–Crippen MR) is 58.3 cm³/mol. The number of anilines is 1. The van der Waals surface area contributed by atoms with Gasteiger partial charge in [0.1, 0.15) is 5.82 Å². The predicted octanol–water partition coefficient (Wildman–Crippen LogP) is 2.44. The SMILES string of the molecule is FC(F)(F)c1cc2n(n1)C(C1CCCO1)CCN2. The highest BCUT2D eigenvalue weighted by atomic mass is 19.4. The topological polar surface area (TPSA) is 39.1 Å². The Balaban J connectivity index is 1.92. The summed E-state index contributed by atoms with van der Waals surface area (Å²) in [4.78, 5) is 0. The van der Waals surface area contributed by atoms with E-state index in [1.54, 1.807) is 0 Å². The minimum atomic E-state index is -4.40. The molecule has 3 heterocycles. The van der Waals surface area contributed by atoms with E-state index in [9.17, 15) is 13.2 Å². The van der Waals surface area contributed by atoms with E-state index in [1.165, 1.54) is 4.68 Å². The molecule has 2 aliphatic rings. The highest BCUT2D eigenvalue weighted by molar-refractivity contribution is 5.40. The monoisotopic (exact) mass is 261 g/mol. The van der Waals surface area contributed by atoms with Crippen molar-refractivity contribution in [2.75, 3.05) is 18.5 Å². The zero-order chi connectivity index (χ0) is 12.8. The molecule has 18 heavy (non-hydrogen) atoms. The number of hydrogen-bond donors (Lipinski definition) is 1. The molecule has 0 spiro atoms. The molecule has 0 radical (unpaired) electrons. The number of ether oxygens (including phenoxy) is 1. The Kier molecular flexibility index (Phi) is 2.73. The van der Waals surface area contributed by atoms with Gasteiger partial charge in [0.2, 0.25) is 0 Å². The number of rotatable bonds is 1. The molecule has 2 aliphatic heterocycles. The van der Waals surface area contributed by atoms with Crippen LogP contribution in [0, 0.1) is 0 Å². The molecule has 1 fully saturated rings. The van der Waals surface area contributed by atoms with Gasteiger partial charge in [-0.05, 0) is 19.3 Å². The lowest BCUT2D eigenvalue weighted by Crippen LogP contribution is -2.31. The quantitative estimate of drug-likeness (QED) is 0.844. The van der Waals surface area contributed by atoms with Crippen LogP contribution in [0.1, 0.15) is 31.0 Å². The van der Waals surface area contributed by atoms with Gasteiger partial charge in [-0.3, -0.25) is 0 Å². The Morgan fingerprint density at radius 2 is 2.22 bits per heavy atom. The molecule has 0 bridgehead atoms. The van der Waals surface area contributed by atoms with Crippen LogP contribution in [0.2, 0.25) is 0 Å². The highest BCUT2D eigenvalue weighted by Crippen LogP contribution is 2.36. The van der Waals surface area contributed by atoms with Crippen molar-refractivity contribution in [3.05, 3.63) is 11.8 Å². The van der Waals surface area contributed by atoms with Crippen molar-refractivity contribution in [1.82, 2.24) is 9.78 Å². The average molecular weight is 261 g/mol. The first-order valence-corrected chi connectivity index (χ1v) is 6.08. The van der Waals surface area contributed by atoms with E-state index in [-0.39, 0.29) is 12.1 Å². The molecule has 2 atom stereocenters. The molecule has 4 nitrogen and oxygen atoms in total. The number of nitrogens with zero attached hydrogens (tertiary/aromatic N) is 2. The van der Waals surface area contributed by atoms with Crippen LogP contribution in [-0.4, -0.2) is 29.0 Å². The highest BCUT2D eigenvalue weighted by Gasteiger charge is 2.38. The summed E-state index contributed by atoms with van der Waals surface area (Å²) in [5.41, 5.74) is -0.838. The smallest absolute Gasteiger partial charge is 0.376 e. The molecule has 1 saturated heterocycles. The Bertz CT molecular complexity index is 437. The summed E-state index contributed by atoms with van der Waals surface area (Å²) >= 11 is 0. The van der Waals surface area contributed by atoms with Gasteiger partial charge in [0.25, 0.3) is 0 Å². The second-order valence-electron chi connectivity index (χ2n) is 4.69. The molecule has 100 valence electrons. The normalized spacial score (nSPS) is 27.9. The summed E-state index contributed by atoms with van der Waals surface area (Å²) < 4.78 is 45.0. The van der Waals surface area contributed by atoms with E-state index in [0.29, 0.717) is 19.0 Å². The largest absolute Gasteiger partial charge is 0.435 e. The zero-order valence-corrected chi connectivity index (χ0v) is 9.70. The number of halogens is 3. The maximum absolute atomic E-state index is 12.6. The molecule has 0 aliphatic carbocycles. The number of alkyl halides is 3. The van der Waals surface area contributed by atoms with Crippen molar-refractivity contribution in [2.45, 2.75) is 37.6 Å². The van der Waals surface area contributed by atoms with Gasteiger partial charge < -0.3 is 10.1 Å². The van der Waals surface area contributed by atoms with E-state index < -0.39 is 11.9 Å². The van der Waals surface area contributed by atoms with Gasteiger partial charge in [0.15, 0.2) is 5.69 Å². The molecule has 7 heteroatoms. The Labute approximate surface area is 102 Å². The molecule has 1 N–H and O–H groups in total. The van der Waals surface area contributed by atoms with Crippen molar-refractivity contribution in [1.29, 1.82) is 0 Å². The third kappa shape index (κ3) is 1.96. The van der Waals surface area contributed by atoms with Crippen molar-refractivity contribution < 1.29 is 17.9 Å². The van der Waals surface area contributed by atoms with Gasteiger partial charge in [0, 0.05) is 19.2 Å². The summed E-state index contributed by atoms with van der Waals surface area (Å²) in [7, 11) is 0. The van der Waals surface area contributed by atoms with Crippen LogP contribution in [0.25, 0.3) is 0 Å². The van der Waals surface area contributed by atoms with Gasteiger partial charge in [-0.1, -0.05) is 0 Å². The molecular weight excluding hydrogens is 247 g/mol. The van der Waals surface area contributed by atoms with Crippen LogP contribution in [-0.2, 0) is 10.9 Å². The average Bonchev–Trinajstić information content (AvgIpc) is 2.96. The zero-order valence-electron chi connectivity index (χ0n) is 9.70. The van der Waals surface area contributed by atoms with Gasteiger partial charge in [-0.2, -0.15) is 18.3 Å². The lowest BCUT2D eigenvalue weighted by Gasteiger charge is -2.29. The summed E-state index contributed by atoms with van der Waals surface area (Å²) in [5.74, 6) is 0.439. The minimum Gasteiger partial charge on any atom is -0.376 e. The number of fused-ring (bicyclic) bond motifs is 1. The number of nitrogens with one attached hydrogen (secondary N) is 1. The van der Waals surface area contributed by atoms with E-state index >= 15 is 0 Å². The summed E-state index contributed by atoms with van der Waals surface area (Å²) in [6.45, 7) is 1.35. The lowest BCUT2D eigenvalue weighted by atomic mass is 10.0. The minimum absolute atomic E-state index is 0.00756. The van der Waals surface area contributed by atoms with Crippen LogP contribution in [0.5, 0.6) is 0 Å². The van der Waals surface area contributed by atoms with Crippen LogP contribution >= 0.6 is 0 Å². The van der Waals surface area contributed by atoms with E-state index in [0.717, 1.165) is 25.3 Å². The Morgan fingerprint density at radius 1 is 1.39 bits per heavy atom. The Morgan fingerprint density at radius 3 is 2.89 bits per heavy atom. The third-order valence-electron chi connectivity index (χ3n) is 3.48. The van der Waals surface area contributed by atoms with Gasteiger partial charge in [-0.15, -0.1) is 0 Å². The first-order valence-electron chi connectivity index (χ1n) is 6.08. The van der Waals surface area contributed by atoms with E-state index in [4.69, 9.17) is 4.74 Å². The lowest BCUT2D eigenvalue weighted by molar-refractivity contribution is -0.141. The molecular formula is C11H14F3N3O. The van der Waals surface area contributed by atoms with Crippen molar-refractivity contribution in [3.63, 3.8) is 0 Å². The van der Waals surface area contributed by atoms with Crippen molar-refractivity contribution in [2.24, 2.45) is 0 Å². The standard InChI is InChI=1S/C11H14F3N3O/c12-11(13,14)9-6-10-15-4-3-7(17(10)16-9)8-2-1-5-18-8/h6-8,15H,1-5H2. The van der Waals surface area contributed by atoms with E-state index in [2.05, 4.69) is 10.4 Å². The molecule has 0 saturated carbocycles. The molecule has 0 aromatic carbocycles. The van der Waals surface area contributed by atoms with E-state index in [1.807, 2.05) is 0 Å². The second kappa shape index (κ2) is 4.15. The van der Waals surface area contributed by atoms with Crippen LogP contribution < -0.4 is 5.32 Å². The fraction of sp³-hybridized carbons (Fsp3) is 0.727. The second-order valence-corrected chi connectivity index (χ2v) is 4.69. The fourth-order valence-electron chi connectivity index (χ4n) is 2.64. The van der Waals surface area contributed by atoms with Crippen LogP contribution in [0.15, 0.2) is 6.07 Å². The van der Waals surface area contributed by atoms with Gasteiger partial charge in [-0.25, -0.2) is 4.68 Å². The summed E-state index contributed by atoms with van der Waals surface area (Å²) in [6.07, 6.45) is -1.79. The summed E-state index contributed by atoms with van der Waals surface area (Å²) in [5, 5.41) is 6.65. The number of aromatic nitrogens is 2. The Hall–Kier alpha value is -1.24. The maximum Gasteiger partial charge on any atom is 0.435 e. The first kappa shape index (κ1) is 11.8. The maximum atomic E-state index is 12.6. The van der Waals surface area contributed by atoms with Crippen LogP contribution in [0.3, 0.4) is 0 Å². The summed E-state index contributed by atoms with van der Waals surface area (Å²) in [6, 6.07) is 0.987. The van der Waals surface area contributed by atoms with Crippen molar-refractivity contribution in [3.8, 4) is 0 Å². The van der Waals surface area contributed by atoms with Crippen molar-refractivity contribution >= 4 is 5.82 Å². The fourth-order valence-corrected chi connectivity index (χ4v) is 2.64. The molecule has 2 unspecified atom stereocenters. The molecule has 0 amide bonds. The molecule has 1 aromatic heterocycles.